The molecule has 4 heteroatoms. The molecular formula is C13H19Cl2NO. The molecule has 0 unspecified atom stereocenters. The van der Waals surface area contributed by atoms with Crippen LogP contribution in [0.3, 0.4) is 0 Å². The lowest BCUT2D eigenvalue weighted by molar-refractivity contribution is 0.149. The van der Waals surface area contributed by atoms with E-state index in [0.29, 0.717) is 16.6 Å². The summed E-state index contributed by atoms with van der Waals surface area (Å²) in [4.78, 5) is 0. The van der Waals surface area contributed by atoms with Crippen molar-refractivity contribution in [3.63, 3.8) is 0 Å². The number of hydrogen-bond donors (Lipinski definition) is 2. The maximum Gasteiger partial charge on any atom is 0.0613 e. The van der Waals surface area contributed by atoms with E-state index in [2.05, 4.69) is 19.2 Å². The second-order valence-electron chi connectivity index (χ2n) is 4.25. The number of hydrogen-bond acceptors (Lipinski definition) is 2. The lowest BCUT2D eigenvalue weighted by Gasteiger charge is -2.31. The van der Waals surface area contributed by atoms with Gasteiger partial charge in [0.1, 0.15) is 0 Å². The molecule has 0 amide bonds. The highest BCUT2D eigenvalue weighted by Crippen LogP contribution is 2.23. The van der Waals surface area contributed by atoms with E-state index < -0.39 is 0 Å². The average molecular weight is 276 g/mol. The van der Waals surface area contributed by atoms with Crippen LogP contribution < -0.4 is 5.32 Å². The fraction of sp³-hybridized carbons (Fsp3) is 0.538. The van der Waals surface area contributed by atoms with E-state index in [0.717, 1.165) is 18.4 Å². The van der Waals surface area contributed by atoms with Gasteiger partial charge in [-0.05, 0) is 30.5 Å². The number of halogens is 2. The van der Waals surface area contributed by atoms with Crippen LogP contribution in [0.4, 0.5) is 0 Å². The van der Waals surface area contributed by atoms with Crippen molar-refractivity contribution in [1.82, 2.24) is 5.32 Å². The second-order valence-corrected chi connectivity index (χ2v) is 5.06. The summed E-state index contributed by atoms with van der Waals surface area (Å²) >= 11 is 11.8. The van der Waals surface area contributed by atoms with Crippen LogP contribution in [0.15, 0.2) is 18.2 Å². The molecule has 0 spiro atoms. The van der Waals surface area contributed by atoms with Gasteiger partial charge in [0.05, 0.1) is 16.7 Å². The largest absolute Gasteiger partial charge is 0.394 e. The molecule has 0 heterocycles. The minimum absolute atomic E-state index is 0.140. The third kappa shape index (κ3) is 3.85. The third-order valence-electron chi connectivity index (χ3n) is 3.31. The van der Waals surface area contributed by atoms with Crippen molar-refractivity contribution in [3.8, 4) is 0 Å². The molecule has 0 saturated heterocycles. The van der Waals surface area contributed by atoms with Gasteiger partial charge in [0.2, 0.25) is 0 Å². The quantitative estimate of drug-likeness (QED) is 0.831. The molecule has 0 radical (unpaired) electrons. The fourth-order valence-corrected chi connectivity index (χ4v) is 2.04. The van der Waals surface area contributed by atoms with Gasteiger partial charge in [-0.25, -0.2) is 0 Å². The van der Waals surface area contributed by atoms with Gasteiger partial charge in [0.15, 0.2) is 0 Å². The highest BCUT2D eigenvalue weighted by Gasteiger charge is 2.23. The predicted molar refractivity (Wildman–Crippen MR) is 73.7 cm³/mol. The summed E-state index contributed by atoms with van der Waals surface area (Å²) in [7, 11) is 0. The molecule has 0 aliphatic rings. The number of benzene rings is 1. The van der Waals surface area contributed by atoms with E-state index in [4.69, 9.17) is 23.2 Å². The summed E-state index contributed by atoms with van der Waals surface area (Å²) in [6.45, 7) is 4.96. The lowest BCUT2D eigenvalue weighted by atomic mass is 9.93. The highest BCUT2D eigenvalue weighted by molar-refractivity contribution is 6.42. The molecule has 0 saturated carbocycles. The van der Waals surface area contributed by atoms with Crippen LogP contribution >= 0.6 is 23.2 Å². The Bertz CT molecular complexity index is 356. The van der Waals surface area contributed by atoms with Gasteiger partial charge in [-0.1, -0.05) is 43.1 Å². The minimum Gasteiger partial charge on any atom is -0.394 e. The zero-order chi connectivity index (χ0) is 12.9. The highest BCUT2D eigenvalue weighted by atomic mass is 35.5. The Hall–Kier alpha value is -0.280. The molecule has 17 heavy (non-hydrogen) atoms. The van der Waals surface area contributed by atoms with Gasteiger partial charge in [0.25, 0.3) is 0 Å². The van der Waals surface area contributed by atoms with Gasteiger partial charge >= 0.3 is 0 Å². The molecule has 1 aromatic rings. The Kier molecular flexibility index (Phi) is 5.74. The molecule has 2 nitrogen and oxygen atoms in total. The van der Waals surface area contributed by atoms with Crippen LogP contribution in [0, 0.1) is 0 Å². The summed E-state index contributed by atoms with van der Waals surface area (Å²) in [5.74, 6) is 0. The molecular weight excluding hydrogens is 257 g/mol. The first-order valence-corrected chi connectivity index (χ1v) is 6.62. The SMILES string of the molecule is CCC(CC)(CO)NCc1ccc(Cl)c(Cl)c1. The first-order chi connectivity index (χ1) is 8.06. The number of aliphatic hydroxyl groups excluding tert-OH is 1. The van der Waals surface area contributed by atoms with E-state index in [-0.39, 0.29) is 12.1 Å². The molecule has 0 bridgehead atoms. The monoisotopic (exact) mass is 275 g/mol. The number of rotatable bonds is 6. The zero-order valence-electron chi connectivity index (χ0n) is 10.3. The fourth-order valence-electron chi connectivity index (χ4n) is 1.72. The zero-order valence-corrected chi connectivity index (χ0v) is 11.8. The summed E-state index contributed by atoms with van der Waals surface area (Å²) in [5.41, 5.74) is 0.866. The minimum atomic E-state index is -0.202. The normalized spacial score (nSPS) is 11.8. The summed E-state index contributed by atoms with van der Waals surface area (Å²) < 4.78 is 0. The maximum absolute atomic E-state index is 9.44. The first-order valence-electron chi connectivity index (χ1n) is 5.86. The van der Waals surface area contributed by atoms with Gasteiger partial charge in [0, 0.05) is 12.1 Å². The lowest BCUT2D eigenvalue weighted by Crippen LogP contribution is -2.47. The van der Waals surface area contributed by atoms with E-state index in [1.165, 1.54) is 0 Å². The van der Waals surface area contributed by atoms with Crippen molar-refractivity contribution in [1.29, 1.82) is 0 Å². The maximum atomic E-state index is 9.44. The van der Waals surface area contributed by atoms with Gasteiger partial charge in [-0.3, -0.25) is 0 Å². The molecule has 0 aromatic heterocycles. The molecule has 96 valence electrons. The Labute approximate surface area is 113 Å². The van der Waals surface area contributed by atoms with Crippen molar-refractivity contribution >= 4 is 23.2 Å². The molecule has 1 rings (SSSR count). The van der Waals surface area contributed by atoms with Crippen molar-refractivity contribution in [3.05, 3.63) is 33.8 Å². The third-order valence-corrected chi connectivity index (χ3v) is 4.05. The molecule has 0 aliphatic heterocycles. The predicted octanol–water partition coefficient (Wildman–Crippen LogP) is 3.63. The van der Waals surface area contributed by atoms with Crippen LogP contribution in [0.5, 0.6) is 0 Å². The number of nitrogens with one attached hydrogen (secondary N) is 1. The first kappa shape index (κ1) is 14.8. The Morgan fingerprint density at radius 3 is 2.29 bits per heavy atom. The standard InChI is InChI=1S/C13H19Cl2NO/c1-3-13(4-2,9-17)16-8-10-5-6-11(14)12(15)7-10/h5-7,16-17H,3-4,8-9H2,1-2H3. The summed E-state index contributed by atoms with van der Waals surface area (Å²) in [6, 6.07) is 5.58. The second kappa shape index (κ2) is 6.60. The van der Waals surface area contributed by atoms with E-state index in [9.17, 15) is 5.11 Å². The van der Waals surface area contributed by atoms with E-state index in [1.54, 1.807) is 6.07 Å². The molecule has 1 aromatic carbocycles. The van der Waals surface area contributed by atoms with Gasteiger partial charge < -0.3 is 10.4 Å². The summed E-state index contributed by atoms with van der Waals surface area (Å²) in [5, 5.41) is 14.0. The average Bonchev–Trinajstić information content (AvgIpc) is 2.36. The van der Waals surface area contributed by atoms with Crippen molar-refractivity contribution in [2.45, 2.75) is 38.8 Å². The van der Waals surface area contributed by atoms with E-state index in [1.807, 2.05) is 12.1 Å². The Balaban J connectivity index is 2.68. The van der Waals surface area contributed by atoms with Gasteiger partial charge in [-0.2, -0.15) is 0 Å². The van der Waals surface area contributed by atoms with Crippen molar-refractivity contribution in [2.75, 3.05) is 6.61 Å². The van der Waals surface area contributed by atoms with Crippen LogP contribution in [0.1, 0.15) is 32.3 Å². The molecule has 0 atom stereocenters. The Morgan fingerprint density at radius 1 is 1.18 bits per heavy atom. The molecule has 2 N–H and O–H groups in total. The van der Waals surface area contributed by atoms with E-state index >= 15 is 0 Å². The van der Waals surface area contributed by atoms with Crippen LogP contribution in [0.25, 0.3) is 0 Å². The smallest absolute Gasteiger partial charge is 0.0613 e. The van der Waals surface area contributed by atoms with Gasteiger partial charge in [-0.15, -0.1) is 0 Å². The summed E-state index contributed by atoms with van der Waals surface area (Å²) in [6.07, 6.45) is 1.78. The molecule has 0 aliphatic carbocycles. The van der Waals surface area contributed by atoms with Crippen LogP contribution in [-0.4, -0.2) is 17.3 Å². The Morgan fingerprint density at radius 2 is 1.82 bits per heavy atom. The van der Waals surface area contributed by atoms with Crippen LogP contribution in [-0.2, 0) is 6.54 Å². The number of aliphatic hydroxyl groups is 1. The van der Waals surface area contributed by atoms with Crippen LogP contribution in [0.2, 0.25) is 10.0 Å². The molecule has 0 fully saturated rings. The van der Waals surface area contributed by atoms with Crippen molar-refractivity contribution < 1.29 is 5.11 Å². The topological polar surface area (TPSA) is 32.3 Å². The van der Waals surface area contributed by atoms with Crippen molar-refractivity contribution in [2.24, 2.45) is 0 Å².